The Bertz CT molecular complexity index is 93.1. The van der Waals surface area contributed by atoms with Gasteiger partial charge in [-0.25, -0.2) is 0 Å². The van der Waals surface area contributed by atoms with Gasteiger partial charge in [-0.3, -0.25) is 0 Å². The smallest absolute Gasteiger partial charge is 0.00662 e. The van der Waals surface area contributed by atoms with Gasteiger partial charge in [-0.05, 0) is 39.6 Å². The zero-order valence-electron chi connectivity index (χ0n) is 9.25. The molecule has 0 spiro atoms. The van der Waals surface area contributed by atoms with Crippen molar-refractivity contribution in [2.45, 2.75) is 32.2 Å². The third-order valence-corrected chi connectivity index (χ3v) is 2.93. The van der Waals surface area contributed by atoms with E-state index in [0.717, 1.165) is 0 Å². The highest BCUT2D eigenvalue weighted by Gasteiger charge is 1.95. The quantitative estimate of drug-likeness (QED) is 0.611. The highest BCUT2D eigenvalue weighted by Crippen LogP contribution is 2.06. The molecule has 2 N–H and O–H groups in total. The van der Waals surface area contributed by atoms with Crippen LogP contribution in [0, 0.1) is 0 Å². The highest BCUT2D eigenvalue weighted by atomic mass is 32.2. The molecular weight excluding hydrogens is 180 g/mol. The van der Waals surface area contributed by atoms with E-state index in [4.69, 9.17) is 5.73 Å². The van der Waals surface area contributed by atoms with E-state index in [1.807, 2.05) is 0 Å². The number of thioether (sulfide) groups is 1. The van der Waals surface area contributed by atoms with Crippen LogP contribution in [0.2, 0.25) is 0 Å². The molecule has 3 heteroatoms. The van der Waals surface area contributed by atoms with Crippen LogP contribution in [0.3, 0.4) is 0 Å². The molecule has 0 aliphatic rings. The van der Waals surface area contributed by atoms with Gasteiger partial charge in [-0.15, -0.1) is 0 Å². The summed E-state index contributed by atoms with van der Waals surface area (Å²) in [5.74, 6) is 2.55. The normalized spacial score (nSPS) is 13.6. The molecule has 0 saturated carbocycles. The van der Waals surface area contributed by atoms with Gasteiger partial charge in [-0.1, -0.05) is 6.42 Å². The number of unbranched alkanes of at least 4 members (excludes halogenated alkanes) is 1. The molecule has 0 rings (SSSR count). The van der Waals surface area contributed by atoms with Crippen molar-refractivity contribution in [3.8, 4) is 0 Å². The summed E-state index contributed by atoms with van der Waals surface area (Å²) in [5, 5.41) is 0. The van der Waals surface area contributed by atoms with E-state index in [1.165, 1.54) is 37.3 Å². The molecule has 0 aliphatic carbocycles. The minimum atomic E-state index is 0.381. The Hall–Kier alpha value is 0.270. The molecule has 0 aromatic carbocycles. The number of nitrogens with two attached hydrogens (primary N) is 1. The van der Waals surface area contributed by atoms with Crippen molar-refractivity contribution in [3.05, 3.63) is 0 Å². The first-order valence-corrected chi connectivity index (χ1v) is 6.26. The number of hydrogen-bond donors (Lipinski definition) is 1. The fourth-order valence-corrected chi connectivity index (χ4v) is 2.13. The van der Waals surface area contributed by atoms with Crippen LogP contribution < -0.4 is 5.73 Å². The minimum absolute atomic E-state index is 0.381. The lowest BCUT2D eigenvalue weighted by Crippen LogP contribution is -2.15. The van der Waals surface area contributed by atoms with E-state index in [-0.39, 0.29) is 0 Å². The van der Waals surface area contributed by atoms with Crippen molar-refractivity contribution in [1.29, 1.82) is 0 Å². The van der Waals surface area contributed by atoms with Gasteiger partial charge >= 0.3 is 0 Å². The topological polar surface area (TPSA) is 29.3 Å². The van der Waals surface area contributed by atoms with Crippen LogP contribution in [-0.4, -0.2) is 43.1 Å². The summed E-state index contributed by atoms with van der Waals surface area (Å²) in [6.07, 6.45) is 3.78. The molecule has 0 bridgehead atoms. The molecule has 13 heavy (non-hydrogen) atoms. The Labute approximate surface area is 87.2 Å². The van der Waals surface area contributed by atoms with Gasteiger partial charge < -0.3 is 10.6 Å². The van der Waals surface area contributed by atoms with Crippen LogP contribution in [0.15, 0.2) is 0 Å². The largest absolute Gasteiger partial charge is 0.328 e. The van der Waals surface area contributed by atoms with Crippen molar-refractivity contribution in [2.75, 3.05) is 32.1 Å². The minimum Gasteiger partial charge on any atom is -0.328 e. The summed E-state index contributed by atoms with van der Waals surface area (Å²) in [6, 6.07) is 0.381. The maximum Gasteiger partial charge on any atom is 0.00662 e. The molecular formula is C10H24N2S. The van der Waals surface area contributed by atoms with E-state index < -0.39 is 0 Å². The molecule has 0 aromatic heterocycles. The fraction of sp³-hybridized carbons (Fsp3) is 1.00. The first kappa shape index (κ1) is 13.3. The molecule has 0 aliphatic heterocycles. The lowest BCUT2D eigenvalue weighted by Gasteiger charge is -2.08. The molecule has 0 fully saturated rings. The van der Waals surface area contributed by atoms with E-state index in [0.29, 0.717) is 6.04 Å². The Morgan fingerprint density at radius 1 is 1.23 bits per heavy atom. The standard InChI is InChI=1S/C10H24N2S/c1-10(11)6-4-5-8-13-9-7-12(2)3/h10H,4-9,11H2,1-3H3. The summed E-state index contributed by atoms with van der Waals surface area (Å²) >= 11 is 2.05. The van der Waals surface area contributed by atoms with Gasteiger partial charge in [0.15, 0.2) is 0 Å². The summed E-state index contributed by atoms with van der Waals surface area (Å²) < 4.78 is 0. The van der Waals surface area contributed by atoms with Gasteiger partial charge in [0.05, 0.1) is 0 Å². The average molecular weight is 204 g/mol. The first-order chi connectivity index (χ1) is 6.13. The summed E-state index contributed by atoms with van der Waals surface area (Å²) in [7, 11) is 4.24. The first-order valence-electron chi connectivity index (χ1n) is 5.11. The van der Waals surface area contributed by atoms with Gasteiger partial charge in [-0.2, -0.15) is 11.8 Å². The third kappa shape index (κ3) is 12.3. The molecule has 80 valence electrons. The average Bonchev–Trinajstić information content (AvgIpc) is 2.01. The number of nitrogens with zero attached hydrogens (tertiary/aromatic N) is 1. The summed E-state index contributed by atoms with van der Waals surface area (Å²) in [5.41, 5.74) is 5.66. The van der Waals surface area contributed by atoms with E-state index >= 15 is 0 Å². The second-order valence-corrected chi connectivity index (χ2v) is 5.11. The van der Waals surface area contributed by atoms with Gasteiger partial charge in [0.2, 0.25) is 0 Å². The lowest BCUT2D eigenvalue weighted by atomic mass is 10.2. The van der Waals surface area contributed by atoms with Crippen LogP contribution in [0.5, 0.6) is 0 Å². The van der Waals surface area contributed by atoms with Gasteiger partial charge in [0.25, 0.3) is 0 Å². The van der Waals surface area contributed by atoms with Gasteiger partial charge in [0.1, 0.15) is 0 Å². The zero-order valence-corrected chi connectivity index (χ0v) is 10.1. The molecule has 1 unspecified atom stereocenters. The predicted octanol–water partition coefficient (Wildman–Crippen LogP) is 1.80. The molecule has 0 heterocycles. The number of hydrogen-bond acceptors (Lipinski definition) is 3. The molecule has 0 radical (unpaired) electrons. The summed E-state index contributed by atoms with van der Waals surface area (Å²) in [4.78, 5) is 2.23. The fourth-order valence-electron chi connectivity index (χ4n) is 1.02. The zero-order chi connectivity index (χ0) is 10.1. The maximum absolute atomic E-state index is 5.66. The van der Waals surface area contributed by atoms with Crippen LogP contribution in [-0.2, 0) is 0 Å². The summed E-state index contributed by atoms with van der Waals surface area (Å²) in [6.45, 7) is 3.27. The molecule has 0 aromatic rings. The van der Waals surface area contributed by atoms with Crippen LogP contribution >= 0.6 is 11.8 Å². The van der Waals surface area contributed by atoms with Crippen LogP contribution in [0.25, 0.3) is 0 Å². The van der Waals surface area contributed by atoms with E-state index in [2.05, 4.69) is 37.7 Å². The van der Waals surface area contributed by atoms with E-state index in [1.54, 1.807) is 0 Å². The maximum atomic E-state index is 5.66. The second kappa shape index (κ2) is 8.85. The van der Waals surface area contributed by atoms with Crippen molar-refractivity contribution < 1.29 is 0 Å². The number of rotatable bonds is 8. The highest BCUT2D eigenvalue weighted by molar-refractivity contribution is 7.99. The van der Waals surface area contributed by atoms with E-state index in [9.17, 15) is 0 Å². The van der Waals surface area contributed by atoms with Crippen molar-refractivity contribution >= 4 is 11.8 Å². The molecule has 1 atom stereocenters. The van der Waals surface area contributed by atoms with Crippen molar-refractivity contribution in [1.82, 2.24) is 4.90 Å². The van der Waals surface area contributed by atoms with Crippen LogP contribution in [0.4, 0.5) is 0 Å². The van der Waals surface area contributed by atoms with Crippen molar-refractivity contribution in [2.24, 2.45) is 5.73 Å². The van der Waals surface area contributed by atoms with Crippen LogP contribution in [0.1, 0.15) is 26.2 Å². The van der Waals surface area contributed by atoms with Gasteiger partial charge in [0, 0.05) is 18.3 Å². The SMILES string of the molecule is CC(N)CCCCSCCN(C)C. The molecule has 0 amide bonds. The monoisotopic (exact) mass is 204 g/mol. The molecule has 0 saturated heterocycles. The Balaban J connectivity index is 2.92. The Morgan fingerprint density at radius 2 is 1.92 bits per heavy atom. The molecule has 2 nitrogen and oxygen atoms in total. The predicted molar refractivity (Wildman–Crippen MR) is 63.4 cm³/mol. The second-order valence-electron chi connectivity index (χ2n) is 3.89. The Kier molecular flexibility index (Phi) is 9.03. The van der Waals surface area contributed by atoms with Crippen molar-refractivity contribution in [3.63, 3.8) is 0 Å². The third-order valence-electron chi connectivity index (χ3n) is 1.88. The Morgan fingerprint density at radius 3 is 2.46 bits per heavy atom. The lowest BCUT2D eigenvalue weighted by molar-refractivity contribution is 0.437.